The van der Waals surface area contributed by atoms with Crippen molar-refractivity contribution in [2.45, 2.75) is 33.0 Å². The first-order valence-electron chi connectivity index (χ1n) is 11.0. The smallest absolute Gasteiger partial charge is 0.307 e. The minimum atomic E-state index is -0.946. The van der Waals surface area contributed by atoms with Gasteiger partial charge in [0, 0.05) is 17.0 Å². The van der Waals surface area contributed by atoms with E-state index in [1.165, 1.54) is 7.11 Å². The van der Waals surface area contributed by atoms with Crippen LogP contribution in [-0.2, 0) is 17.8 Å². The van der Waals surface area contributed by atoms with Crippen molar-refractivity contribution in [2.24, 2.45) is 5.92 Å². The lowest BCUT2D eigenvalue weighted by Gasteiger charge is -2.24. The lowest BCUT2D eigenvalue weighted by molar-refractivity contribution is -0.136. The number of methoxy groups -OCH3 is 1. The predicted molar refractivity (Wildman–Crippen MR) is 127 cm³/mol. The average Bonchev–Trinajstić information content (AvgIpc) is 3.29. The Bertz CT molecular complexity index is 1280. The third-order valence-corrected chi connectivity index (χ3v) is 5.38. The number of pyridine rings is 1. The molecule has 0 aliphatic heterocycles. The molecule has 0 radical (unpaired) electrons. The normalized spacial score (nSPS) is 12.0. The van der Waals surface area contributed by atoms with Crippen molar-refractivity contribution in [3.63, 3.8) is 0 Å². The fraction of sp³-hybridized carbons (Fsp3) is 0.269. The van der Waals surface area contributed by atoms with Crippen molar-refractivity contribution in [3.8, 4) is 17.4 Å². The number of aromatic amines is 1. The fourth-order valence-corrected chi connectivity index (χ4v) is 3.72. The van der Waals surface area contributed by atoms with Gasteiger partial charge in [0.25, 0.3) is 0 Å². The van der Waals surface area contributed by atoms with Gasteiger partial charge in [-0.1, -0.05) is 50.2 Å². The number of nitrogens with zero attached hydrogens (tertiary/aromatic N) is 2. The van der Waals surface area contributed by atoms with E-state index in [0.717, 1.165) is 16.6 Å². The molecule has 2 aromatic heterocycles. The Hall–Kier alpha value is -4.07. The van der Waals surface area contributed by atoms with Gasteiger partial charge in [-0.15, -0.1) is 5.10 Å². The molecule has 0 aliphatic rings. The number of H-pyrrole nitrogens is 1. The summed E-state index contributed by atoms with van der Waals surface area (Å²) in [5, 5.41) is 17.6. The molecule has 0 amide bonds. The van der Waals surface area contributed by atoms with Gasteiger partial charge < -0.3 is 19.3 Å². The highest BCUT2D eigenvalue weighted by Crippen LogP contribution is 2.37. The topological polar surface area (TPSA) is 107 Å². The molecule has 0 spiro atoms. The second-order valence-corrected chi connectivity index (χ2v) is 8.25. The lowest BCUT2D eigenvalue weighted by atomic mass is 10.0. The summed E-state index contributed by atoms with van der Waals surface area (Å²) in [7, 11) is 1.53. The van der Waals surface area contributed by atoms with Gasteiger partial charge in [0.15, 0.2) is 11.5 Å². The number of carboxylic acid groups (broad SMARTS) is 1. The van der Waals surface area contributed by atoms with E-state index in [1.807, 2.05) is 50.2 Å². The van der Waals surface area contributed by atoms with Crippen LogP contribution < -0.4 is 14.2 Å². The van der Waals surface area contributed by atoms with Crippen LogP contribution in [0.5, 0.6) is 17.4 Å². The van der Waals surface area contributed by atoms with Crippen molar-refractivity contribution in [1.29, 1.82) is 0 Å². The lowest BCUT2D eigenvalue weighted by Crippen LogP contribution is -2.16. The van der Waals surface area contributed by atoms with E-state index in [0.29, 0.717) is 28.6 Å². The molecule has 2 heterocycles. The zero-order chi connectivity index (χ0) is 24.1. The van der Waals surface area contributed by atoms with Crippen LogP contribution in [0, 0.1) is 5.92 Å². The standard InChI is InChI=1S/C26H27N3O5/c1-16(2)25(34-26-18(13-24(30)31)8-6-10-22(26)32-3)21-14-23(29-28-21)33-15-19-12-11-17-7-4-5-9-20(17)27-19/h4-12,14,16,25H,13,15H2,1-3H3,(H,28,29)(H,30,31). The number of rotatable bonds is 10. The fourth-order valence-electron chi connectivity index (χ4n) is 3.72. The largest absolute Gasteiger partial charge is 0.493 e. The van der Waals surface area contributed by atoms with Crippen LogP contribution in [-0.4, -0.2) is 33.4 Å². The molecule has 0 fully saturated rings. The maximum Gasteiger partial charge on any atom is 0.307 e. The highest BCUT2D eigenvalue weighted by molar-refractivity contribution is 5.78. The van der Waals surface area contributed by atoms with Gasteiger partial charge in [0.2, 0.25) is 5.88 Å². The number of ether oxygens (including phenoxy) is 3. The number of fused-ring (bicyclic) bond motifs is 1. The molecule has 2 aromatic carbocycles. The molecular formula is C26H27N3O5. The summed E-state index contributed by atoms with van der Waals surface area (Å²) in [5.74, 6) is 0.410. The number of aromatic nitrogens is 3. The summed E-state index contributed by atoms with van der Waals surface area (Å²) < 4.78 is 17.6. The van der Waals surface area contributed by atoms with Crippen LogP contribution in [0.1, 0.15) is 36.9 Å². The molecule has 4 aromatic rings. The molecule has 0 saturated carbocycles. The quantitative estimate of drug-likeness (QED) is 0.344. The summed E-state index contributed by atoms with van der Waals surface area (Å²) in [5.41, 5.74) is 2.96. The second kappa shape index (κ2) is 10.2. The summed E-state index contributed by atoms with van der Waals surface area (Å²) in [6.45, 7) is 4.30. The first-order chi connectivity index (χ1) is 16.4. The monoisotopic (exact) mass is 461 g/mol. The van der Waals surface area contributed by atoms with E-state index in [2.05, 4.69) is 15.2 Å². The number of benzene rings is 2. The molecule has 2 N–H and O–H groups in total. The zero-order valence-corrected chi connectivity index (χ0v) is 19.3. The number of hydrogen-bond donors (Lipinski definition) is 2. The van der Waals surface area contributed by atoms with Crippen LogP contribution >= 0.6 is 0 Å². The first kappa shape index (κ1) is 23.1. The van der Waals surface area contributed by atoms with Gasteiger partial charge >= 0.3 is 5.97 Å². The van der Waals surface area contributed by atoms with Gasteiger partial charge in [-0.25, -0.2) is 4.98 Å². The Morgan fingerprint density at radius 3 is 2.68 bits per heavy atom. The van der Waals surface area contributed by atoms with Crippen molar-refractivity contribution < 1.29 is 24.1 Å². The highest BCUT2D eigenvalue weighted by Gasteiger charge is 2.24. The third-order valence-electron chi connectivity index (χ3n) is 5.38. The van der Waals surface area contributed by atoms with E-state index >= 15 is 0 Å². The van der Waals surface area contributed by atoms with Crippen LogP contribution in [0.25, 0.3) is 10.9 Å². The summed E-state index contributed by atoms with van der Waals surface area (Å²) in [4.78, 5) is 16.0. The summed E-state index contributed by atoms with van der Waals surface area (Å²) in [6, 6.07) is 18.9. The average molecular weight is 462 g/mol. The van der Waals surface area contributed by atoms with E-state index in [4.69, 9.17) is 14.2 Å². The SMILES string of the molecule is COc1cccc(CC(=O)O)c1OC(c1cc(OCc2ccc3ccccc3n2)n[nH]1)C(C)C. The third kappa shape index (κ3) is 5.28. The molecule has 176 valence electrons. The Morgan fingerprint density at radius 2 is 1.91 bits per heavy atom. The van der Waals surface area contributed by atoms with Crippen molar-refractivity contribution >= 4 is 16.9 Å². The van der Waals surface area contributed by atoms with E-state index in [-0.39, 0.29) is 18.9 Å². The number of carbonyl (C=O) groups is 1. The Morgan fingerprint density at radius 1 is 1.09 bits per heavy atom. The van der Waals surface area contributed by atoms with Crippen LogP contribution in [0.3, 0.4) is 0 Å². The molecule has 1 atom stereocenters. The number of aliphatic carboxylic acids is 1. The molecule has 0 bridgehead atoms. The van der Waals surface area contributed by atoms with Crippen molar-refractivity contribution in [3.05, 3.63) is 77.6 Å². The number of para-hydroxylation sites is 2. The highest BCUT2D eigenvalue weighted by atomic mass is 16.5. The maximum absolute atomic E-state index is 11.3. The Labute approximate surface area is 197 Å². The molecule has 4 rings (SSSR count). The molecule has 0 aliphatic carbocycles. The van der Waals surface area contributed by atoms with Gasteiger partial charge in [0.05, 0.1) is 30.4 Å². The van der Waals surface area contributed by atoms with E-state index in [9.17, 15) is 9.90 Å². The van der Waals surface area contributed by atoms with Gasteiger partial charge in [-0.3, -0.25) is 9.89 Å². The summed E-state index contributed by atoms with van der Waals surface area (Å²) >= 11 is 0. The van der Waals surface area contributed by atoms with Gasteiger partial charge in [-0.05, 0) is 24.1 Å². The number of nitrogens with one attached hydrogen (secondary N) is 1. The number of hydrogen-bond acceptors (Lipinski definition) is 6. The zero-order valence-electron chi connectivity index (χ0n) is 19.3. The first-order valence-corrected chi connectivity index (χ1v) is 11.0. The van der Waals surface area contributed by atoms with Crippen LogP contribution in [0.4, 0.5) is 0 Å². The van der Waals surface area contributed by atoms with Crippen molar-refractivity contribution in [1.82, 2.24) is 15.2 Å². The predicted octanol–water partition coefficient (Wildman–Crippen LogP) is 4.95. The minimum absolute atomic E-state index is 0.0537. The molecular weight excluding hydrogens is 434 g/mol. The van der Waals surface area contributed by atoms with Crippen LogP contribution in [0.15, 0.2) is 60.7 Å². The second-order valence-electron chi connectivity index (χ2n) is 8.25. The van der Waals surface area contributed by atoms with Crippen molar-refractivity contribution in [2.75, 3.05) is 7.11 Å². The number of carboxylic acids is 1. The molecule has 8 heteroatoms. The van der Waals surface area contributed by atoms with E-state index < -0.39 is 12.1 Å². The summed E-state index contributed by atoms with van der Waals surface area (Å²) in [6.07, 6.45) is -0.597. The maximum atomic E-state index is 11.3. The minimum Gasteiger partial charge on any atom is -0.493 e. The molecule has 0 saturated heterocycles. The molecule has 34 heavy (non-hydrogen) atoms. The van der Waals surface area contributed by atoms with Crippen LogP contribution in [0.2, 0.25) is 0 Å². The molecule has 8 nitrogen and oxygen atoms in total. The van der Waals surface area contributed by atoms with E-state index in [1.54, 1.807) is 24.3 Å². The Balaban J connectivity index is 1.52. The molecule has 1 unspecified atom stereocenters. The van der Waals surface area contributed by atoms with Gasteiger partial charge in [0.1, 0.15) is 12.7 Å². The van der Waals surface area contributed by atoms with Gasteiger partial charge in [-0.2, -0.15) is 0 Å². The Kier molecular flexibility index (Phi) is 6.96.